The van der Waals surface area contributed by atoms with Crippen LogP contribution in [0.5, 0.6) is 5.75 Å². The van der Waals surface area contributed by atoms with Crippen LogP contribution in [0.3, 0.4) is 0 Å². The van der Waals surface area contributed by atoms with Crippen molar-refractivity contribution < 1.29 is 23.5 Å². The molecule has 0 aliphatic heterocycles. The first-order chi connectivity index (χ1) is 15.9. The van der Waals surface area contributed by atoms with Gasteiger partial charge in [0.15, 0.2) is 11.6 Å². The molecule has 0 bridgehead atoms. The standard InChI is InChI=1S/C26H23BrFNO4/c27-20-10-5-19(6-11-20)15-23(31)17-33-25-4-2-1-3-24(25)26(32)29-16-22(30)14-9-18-7-12-21(28)13-8-18/h1-8,10-13H,9,14-17H2,(H,29,32). The van der Waals surface area contributed by atoms with Gasteiger partial charge in [-0.1, -0.05) is 52.3 Å². The van der Waals surface area contributed by atoms with Gasteiger partial charge in [-0.25, -0.2) is 4.39 Å². The van der Waals surface area contributed by atoms with Gasteiger partial charge in [-0.2, -0.15) is 0 Å². The summed E-state index contributed by atoms with van der Waals surface area (Å²) < 4.78 is 19.5. The number of hydrogen-bond donors (Lipinski definition) is 1. The number of Topliss-reactive ketones (excluding diaryl/α,β-unsaturated/α-hetero) is 2. The second-order valence-electron chi connectivity index (χ2n) is 7.47. The molecule has 0 atom stereocenters. The monoisotopic (exact) mass is 511 g/mol. The van der Waals surface area contributed by atoms with Crippen molar-refractivity contribution in [3.8, 4) is 5.75 Å². The number of carbonyl (C=O) groups is 3. The summed E-state index contributed by atoms with van der Waals surface area (Å²) in [6.07, 6.45) is 0.925. The molecule has 3 rings (SSSR count). The predicted molar refractivity (Wildman–Crippen MR) is 127 cm³/mol. The first-order valence-electron chi connectivity index (χ1n) is 10.4. The Bertz CT molecular complexity index is 1110. The summed E-state index contributed by atoms with van der Waals surface area (Å²) in [6.45, 7) is -0.298. The zero-order valence-electron chi connectivity index (χ0n) is 17.9. The second kappa shape index (κ2) is 12.1. The molecule has 0 spiro atoms. The van der Waals surface area contributed by atoms with Crippen molar-refractivity contribution in [1.29, 1.82) is 0 Å². The number of nitrogens with one attached hydrogen (secondary N) is 1. The van der Waals surface area contributed by atoms with Crippen molar-refractivity contribution in [3.63, 3.8) is 0 Å². The van der Waals surface area contributed by atoms with E-state index in [-0.39, 0.29) is 54.7 Å². The molecule has 0 aliphatic carbocycles. The minimum atomic E-state index is -0.457. The van der Waals surface area contributed by atoms with Gasteiger partial charge in [0.2, 0.25) is 0 Å². The third-order valence-corrected chi connectivity index (χ3v) is 5.42. The fraction of sp³-hybridized carbons (Fsp3) is 0.192. The third kappa shape index (κ3) is 7.95. The third-order valence-electron chi connectivity index (χ3n) is 4.89. The summed E-state index contributed by atoms with van der Waals surface area (Å²) in [7, 11) is 0. The lowest BCUT2D eigenvalue weighted by Gasteiger charge is -2.11. The van der Waals surface area contributed by atoms with E-state index in [0.717, 1.165) is 15.6 Å². The highest BCUT2D eigenvalue weighted by molar-refractivity contribution is 9.10. The van der Waals surface area contributed by atoms with Crippen molar-refractivity contribution in [3.05, 3.63) is 99.8 Å². The van der Waals surface area contributed by atoms with Gasteiger partial charge >= 0.3 is 0 Å². The molecule has 5 nitrogen and oxygen atoms in total. The van der Waals surface area contributed by atoms with E-state index in [4.69, 9.17) is 4.74 Å². The van der Waals surface area contributed by atoms with Crippen LogP contribution < -0.4 is 10.1 Å². The van der Waals surface area contributed by atoms with E-state index in [1.54, 1.807) is 36.4 Å². The summed E-state index contributed by atoms with van der Waals surface area (Å²) >= 11 is 3.36. The number of rotatable bonds is 11. The number of para-hydroxylation sites is 1. The van der Waals surface area contributed by atoms with Crippen LogP contribution in [0.4, 0.5) is 4.39 Å². The normalized spacial score (nSPS) is 10.5. The first kappa shape index (κ1) is 24.3. The molecular formula is C26H23BrFNO4. The predicted octanol–water partition coefficient (Wildman–Crippen LogP) is 4.71. The van der Waals surface area contributed by atoms with Gasteiger partial charge in [0, 0.05) is 17.3 Å². The molecular weight excluding hydrogens is 489 g/mol. The number of benzene rings is 3. The maximum atomic E-state index is 13.0. The quantitative estimate of drug-likeness (QED) is 0.404. The number of carbonyl (C=O) groups excluding carboxylic acids is 3. The lowest BCUT2D eigenvalue weighted by molar-refractivity contribution is -0.120. The van der Waals surface area contributed by atoms with E-state index in [1.807, 2.05) is 24.3 Å². The highest BCUT2D eigenvalue weighted by Gasteiger charge is 2.15. The molecule has 33 heavy (non-hydrogen) atoms. The van der Waals surface area contributed by atoms with Crippen LogP contribution in [0.15, 0.2) is 77.3 Å². The lowest BCUT2D eigenvalue weighted by Crippen LogP contribution is -2.30. The van der Waals surface area contributed by atoms with Crippen LogP contribution in [0.1, 0.15) is 27.9 Å². The first-order valence-corrected chi connectivity index (χ1v) is 11.2. The van der Waals surface area contributed by atoms with Crippen molar-refractivity contribution >= 4 is 33.4 Å². The fourth-order valence-corrected chi connectivity index (χ4v) is 3.38. The SMILES string of the molecule is O=C(CCc1ccc(F)cc1)CNC(=O)c1ccccc1OCC(=O)Cc1ccc(Br)cc1. The Kier molecular flexibility index (Phi) is 8.89. The zero-order chi connectivity index (χ0) is 23.6. The average Bonchev–Trinajstić information content (AvgIpc) is 2.82. The topological polar surface area (TPSA) is 72.5 Å². The highest BCUT2D eigenvalue weighted by atomic mass is 79.9. The molecule has 0 radical (unpaired) electrons. The van der Waals surface area contributed by atoms with Crippen LogP contribution in [0.25, 0.3) is 0 Å². The van der Waals surface area contributed by atoms with Crippen molar-refractivity contribution in [2.75, 3.05) is 13.2 Å². The summed E-state index contributed by atoms with van der Waals surface area (Å²) in [6, 6.07) is 20.0. The molecule has 3 aromatic carbocycles. The van der Waals surface area contributed by atoms with Crippen molar-refractivity contribution in [1.82, 2.24) is 5.32 Å². The van der Waals surface area contributed by atoms with Crippen LogP contribution in [0.2, 0.25) is 0 Å². The van der Waals surface area contributed by atoms with Gasteiger partial charge in [-0.05, 0) is 53.9 Å². The fourth-order valence-electron chi connectivity index (χ4n) is 3.12. The van der Waals surface area contributed by atoms with E-state index >= 15 is 0 Å². The Morgan fingerprint density at radius 2 is 1.52 bits per heavy atom. The molecule has 0 aliphatic rings. The van der Waals surface area contributed by atoms with Gasteiger partial charge < -0.3 is 10.1 Å². The summed E-state index contributed by atoms with van der Waals surface area (Å²) in [5.74, 6) is -0.772. The van der Waals surface area contributed by atoms with E-state index in [9.17, 15) is 18.8 Å². The molecule has 0 aromatic heterocycles. The molecule has 3 aromatic rings. The largest absolute Gasteiger partial charge is 0.485 e. The van der Waals surface area contributed by atoms with Crippen LogP contribution in [-0.2, 0) is 22.4 Å². The maximum Gasteiger partial charge on any atom is 0.255 e. The number of aryl methyl sites for hydroxylation is 1. The smallest absolute Gasteiger partial charge is 0.255 e. The molecule has 0 saturated heterocycles. The molecule has 0 unspecified atom stereocenters. The molecule has 7 heteroatoms. The lowest BCUT2D eigenvalue weighted by atomic mass is 10.1. The summed E-state index contributed by atoms with van der Waals surface area (Å²) in [4.78, 5) is 37.0. The maximum absolute atomic E-state index is 13.0. The van der Waals surface area contributed by atoms with Gasteiger partial charge in [0.05, 0.1) is 12.1 Å². The number of hydrogen-bond acceptors (Lipinski definition) is 4. The van der Waals surface area contributed by atoms with Crippen molar-refractivity contribution in [2.45, 2.75) is 19.3 Å². The van der Waals surface area contributed by atoms with E-state index < -0.39 is 5.91 Å². The van der Waals surface area contributed by atoms with Gasteiger partial charge in [0.1, 0.15) is 18.2 Å². The summed E-state index contributed by atoms with van der Waals surface area (Å²) in [5, 5.41) is 2.60. The van der Waals surface area contributed by atoms with Gasteiger partial charge in [0.25, 0.3) is 5.91 Å². The molecule has 0 saturated carbocycles. The number of ether oxygens (including phenoxy) is 1. The second-order valence-corrected chi connectivity index (χ2v) is 8.39. The minimum absolute atomic E-state index is 0.122. The van der Waals surface area contributed by atoms with Crippen LogP contribution in [-0.4, -0.2) is 30.6 Å². The molecule has 1 N–H and O–H groups in total. The summed E-state index contributed by atoms with van der Waals surface area (Å²) in [5.41, 5.74) is 1.97. The Balaban J connectivity index is 1.48. The molecule has 0 fully saturated rings. The Morgan fingerprint density at radius 3 is 2.24 bits per heavy atom. The van der Waals surface area contributed by atoms with Crippen molar-refractivity contribution in [2.24, 2.45) is 0 Å². The van der Waals surface area contributed by atoms with E-state index in [1.165, 1.54) is 12.1 Å². The Hall–Kier alpha value is -3.32. The molecule has 1 amide bonds. The zero-order valence-corrected chi connectivity index (χ0v) is 19.4. The number of ketones is 2. The van der Waals surface area contributed by atoms with E-state index in [2.05, 4.69) is 21.2 Å². The van der Waals surface area contributed by atoms with Crippen LogP contribution in [0, 0.1) is 5.82 Å². The average molecular weight is 512 g/mol. The van der Waals surface area contributed by atoms with E-state index in [0.29, 0.717) is 6.42 Å². The number of halogens is 2. The van der Waals surface area contributed by atoms with Crippen LogP contribution >= 0.6 is 15.9 Å². The van der Waals surface area contributed by atoms with Gasteiger partial charge in [-0.15, -0.1) is 0 Å². The minimum Gasteiger partial charge on any atom is -0.485 e. The Morgan fingerprint density at radius 1 is 0.848 bits per heavy atom. The Labute approximate surface area is 200 Å². The van der Waals surface area contributed by atoms with Gasteiger partial charge in [-0.3, -0.25) is 14.4 Å². The molecule has 0 heterocycles. The molecule has 170 valence electrons. The highest BCUT2D eigenvalue weighted by Crippen LogP contribution is 2.18. The number of amides is 1.